The van der Waals surface area contributed by atoms with E-state index in [1.54, 1.807) is 31.2 Å². The second kappa shape index (κ2) is 9.03. The predicted molar refractivity (Wildman–Crippen MR) is 106 cm³/mol. The standard InChI is InChI=1S/C18H15FN6O3S/c1-2-28-17(26)13-9-25(29-19)16-14(13)15(22-10-23-16)11-4-3-5-12(8-11)24-18(27)21-7-6-20/h3-5,8-10H,2,7H2,1H3,(H2,21,24,27). The van der Waals surface area contributed by atoms with Crippen molar-refractivity contribution in [3.63, 3.8) is 0 Å². The summed E-state index contributed by atoms with van der Waals surface area (Å²) in [6.07, 6.45) is 2.57. The number of nitrogens with one attached hydrogen (secondary N) is 2. The van der Waals surface area contributed by atoms with E-state index in [0.717, 1.165) is 3.97 Å². The van der Waals surface area contributed by atoms with Crippen LogP contribution in [0.4, 0.5) is 14.4 Å². The number of rotatable bonds is 6. The first-order valence-electron chi connectivity index (χ1n) is 8.43. The van der Waals surface area contributed by atoms with Gasteiger partial charge < -0.3 is 15.4 Å². The van der Waals surface area contributed by atoms with Crippen LogP contribution < -0.4 is 10.6 Å². The molecular weight excluding hydrogens is 399 g/mol. The molecule has 0 bridgehead atoms. The van der Waals surface area contributed by atoms with Gasteiger partial charge >= 0.3 is 12.0 Å². The highest BCUT2D eigenvalue weighted by atomic mass is 32.2. The van der Waals surface area contributed by atoms with E-state index in [0.29, 0.717) is 22.3 Å². The monoisotopic (exact) mass is 414 g/mol. The molecule has 0 saturated heterocycles. The van der Waals surface area contributed by atoms with E-state index in [9.17, 15) is 13.5 Å². The number of fused-ring (bicyclic) bond motifs is 1. The molecule has 2 heterocycles. The van der Waals surface area contributed by atoms with Gasteiger partial charge in [0.05, 0.1) is 29.3 Å². The zero-order valence-electron chi connectivity index (χ0n) is 15.2. The van der Waals surface area contributed by atoms with Gasteiger partial charge in [-0.05, 0) is 19.1 Å². The average molecular weight is 414 g/mol. The average Bonchev–Trinajstić information content (AvgIpc) is 3.11. The summed E-state index contributed by atoms with van der Waals surface area (Å²) in [6.45, 7) is 1.70. The van der Waals surface area contributed by atoms with Gasteiger partial charge in [-0.2, -0.15) is 5.26 Å². The van der Waals surface area contributed by atoms with Crippen LogP contribution in [0.5, 0.6) is 0 Å². The summed E-state index contributed by atoms with van der Waals surface area (Å²) in [6, 6.07) is 7.99. The van der Waals surface area contributed by atoms with Gasteiger partial charge in [-0.3, -0.25) is 0 Å². The number of aromatic nitrogens is 3. The molecular formula is C18H15FN6O3S. The topological polar surface area (TPSA) is 122 Å². The number of halogens is 1. The Morgan fingerprint density at radius 3 is 2.93 bits per heavy atom. The van der Waals surface area contributed by atoms with Crippen molar-refractivity contribution in [2.24, 2.45) is 0 Å². The quantitative estimate of drug-likeness (QED) is 0.469. The van der Waals surface area contributed by atoms with Crippen LogP contribution in [0.15, 0.2) is 36.8 Å². The predicted octanol–water partition coefficient (Wildman–Crippen LogP) is 3.30. The Kier molecular flexibility index (Phi) is 6.25. The Hall–Kier alpha value is -3.65. The van der Waals surface area contributed by atoms with E-state index in [2.05, 4.69) is 20.6 Å². The van der Waals surface area contributed by atoms with E-state index < -0.39 is 12.0 Å². The molecule has 29 heavy (non-hydrogen) atoms. The lowest BCUT2D eigenvalue weighted by Gasteiger charge is -2.09. The molecule has 3 rings (SSSR count). The van der Waals surface area contributed by atoms with Gasteiger partial charge in [-0.1, -0.05) is 12.1 Å². The second-order valence-electron chi connectivity index (χ2n) is 5.63. The molecule has 0 saturated carbocycles. The van der Waals surface area contributed by atoms with Crippen molar-refractivity contribution in [1.29, 1.82) is 5.26 Å². The number of anilines is 1. The first kappa shape index (κ1) is 20.1. The summed E-state index contributed by atoms with van der Waals surface area (Å²) in [7, 11) is 0. The number of nitriles is 1. The molecule has 2 N–H and O–H groups in total. The molecule has 2 amide bonds. The third kappa shape index (κ3) is 4.27. The van der Waals surface area contributed by atoms with Crippen LogP contribution >= 0.6 is 12.3 Å². The number of amides is 2. The fraction of sp³-hybridized carbons (Fsp3) is 0.167. The Labute approximate surface area is 169 Å². The van der Waals surface area contributed by atoms with Crippen molar-refractivity contribution in [2.75, 3.05) is 18.5 Å². The Balaban J connectivity index is 2.07. The maximum absolute atomic E-state index is 13.4. The molecule has 0 radical (unpaired) electrons. The highest BCUT2D eigenvalue weighted by Crippen LogP contribution is 2.33. The van der Waals surface area contributed by atoms with Crippen molar-refractivity contribution in [2.45, 2.75) is 6.92 Å². The molecule has 148 valence electrons. The van der Waals surface area contributed by atoms with Gasteiger partial charge in [0.25, 0.3) is 0 Å². The summed E-state index contributed by atoms with van der Waals surface area (Å²) in [4.78, 5) is 32.5. The summed E-state index contributed by atoms with van der Waals surface area (Å²) in [5, 5.41) is 13.8. The van der Waals surface area contributed by atoms with Crippen LogP contribution in [0.25, 0.3) is 22.3 Å². The van der Waals surface area contributed by atoms with Crippen LogP contribution in [-0.4, -0.2) is 39.1 Å². The second-order valence-corrected chi connectivity index (χ2v) is 6.16. The number of carbonyl (C=O) groups excluding carboxylic acids is 2. The molecule has 0 unspecified atom stereocenters. The number of hydrogen-bond acceptors (Lipinski definition) is 7. The molecule has 9 nitrogen and oxygen atoms in total. The van der Waals surface area contributed by atoms with Gasteiger partial charge in [0.15, 0.2) is 18.0 Å². The zero-order valence-corrected chi connectivity index (χ0v) is 16.0. The lowest BCUT2D eigenvalue weighted by molar-refractivity contribution is 0.0528. The summed E-state index contributed by atoms with van der Waals surface area (Å²) < 4.78 is 19.5. The van der Waals surface area contributed by atoms with E-state index >= 15 is 0 Å². The van der Waals surface area contributed by atoms with E-state index in [1.165, 1.54) is 12.5 Å². The molecule has 0 aliphatic heterocycles. The number of carbonyl (C=O) groups is 2. The summed E-state index contributed by atoms with van der Waals surface area (Å²) in [5.74, 6) is -0.619. The van der Waals surface area contributed by atoms with Gasteiger partial charge in [0.2, 0.25) is 0 Å². The molecule has 0 aliphatic carbocycles. The van der Waals surface area contributed by atoms with Crippen molar-refractivity contribution < 1.29 is 18.2 Å². The Morgan fingerprint density at radius 2 is 2.21 bits per heavy atom. The normalized spacial score (nSPS) is 10.4. The lowest BCUT2D eigenvalue weighted by atomic mass is 10.1. The van der Waals surface area contributed by atoms with Crippen molar-refractivity contribution in [3.05, 3.63) is 42.4 Å². The molecule has 0 spiro atoms. The summed E-state index contributed by atoms with van der Waals surface area (Å²) in [5.41, 5.74) is 1.75. The van der Waals surface area contributed by atoms with Crippen LogP contribution in [0, 0.1) is 11.3 Å². The number of benzene rings is 1. The fourth-order valence-corrected chi connectivity index (χ4v) is 3.06. The van der Waals surface area contributed by atoms with Crippen LogP contribution in [0.2, 0.25) is 0 Å². The number of esters is 1. The third-order valence-electron chi connectivity index (χ3n) is 3.84. The number of urea groups is 1. The zero-order chi connectivity index (χ0) is 20.8. The third-order valence-corrected chi connectivity index (χ3v) is 4.27. The molecule has 2 aromatic heterocycles. The smallest absolute Gasteiger partial charge is 0.340 e. The molecule has 1 aromatic carbocycles. The molecule has 11 heteroatoms. The van der Waals surface area contributed by atoms with Crippen LogP contribution in [0.3, 0.4) is 0 Å². The maximum Gasteiger partial charge on any atom is 0.340 e. The van der Waals surface area contributed by atoms with Crippen molar-refractivity contribution in [3.8, 4) is 17.3 Å². The number of ether oxygens (including phenoxy) is 1. The Morgan fingerprint density at radius 1 is 1.38 bits per heavy atom. The largest absolute Gasteiger partial charge is 0.462 e. The number of hydrogen-bond donors (Lipinski definition) is 2. The van der Waals surface area contributed by atoms with E-state index in [1.807, 2.05) is 6.07 Å². The SMILES string of the molecule is CCOC(=O)c1cn(SF)c2ncnc(-c3cccc(NC(=O)NCC#N)c3)c12. The molecule has 3 aromatic rings. The van der Waals surface area contributed by atoms with Crippen LogP contribution in [-0.2, 0) is 4.74 Å². The lowest BCUT2D eigenvalue weighted by Crippen LogP contribution is -2.28. The minimum Gasteiger partial charge on any atom is -0.462 e. The van der Waals surface area contributed by atoms with Crippen LogP contribution in [0.1, 0.15) is 17.3 Å². The molecule has 0 fully saturated rings. The van der Waals surface area contributed by atoms with Crippen molar-refractivity contribution >= 4 is 41.1 Å². The fourth-order valence-electron chi connectivity index (χ4n) is 2.71. The van der Waals surface area contributed by atoms with E-state index in [-0.39, 0.29) is 36.7 Å². The van der Waals surface area contributed by atoms with Gasteiger partial charge in [-0.25, -0.2) is 23.5 Å². The van der Waals surface area contributed by atoms with Gasteiger partial charge in [-0.15, -0.1) is 3.89 Å². The maximum atomic E-state index is 13.4. The Bertz CT molecular complexity index is 1110. The van der Waals surface area contributed by atoms with Gasteiger partial charge in [0.1, 0.15) is 12.9 Å². The first-order valence-corrected chi connectivity index (χ1v) is 9.10. The molecule has 0 atom stereocenters. The van der Waals surface area contributed by atoms with Crippen molar-refractivity contribution in [1.82, 2.24) is 19.3 Å². The minimum absolute atomic E-state index is 0.0953. The summed E-state index contributed by atoms with van der Waals surface area (Å²) >= 11 is -0.0953. The first-order chi connectivity index (χ1) is 14.1. The highest BCUT2D eigenvalue weighted by Gasteiger charge is 2.22. The number of nitrogens with zero attached hydrogens (tertiary/aromatic N) is 4. The highest BCUT2D eigenvalue weighted by molar-refractivity contribution is 7.92. The minimum atomic E-state index is -0.619. The van der Waals surface area contributed by atoms with Gasteiger partial charge in [0, 0.05) is 17.4 Å². The molecule has 0 aliphatic rings. The van der Waals surface area contributed by atoms with E-state index in [4.69, 9.17) is 10.00 Å².